The third-order valence-corrected chi connectivity index (χ3v) is 4.13. The largest absolute Gasteiger partial charge is 0.390 e. The van der Waals surface area contributed by atoms with E-state index in [2.05, 4.69) is 43.7 Å². The number of rotatable bonds is 10. The Balaban J connectivity index is 2.28. The molecule has 0 saturated carbocycles. The summed E-state index contributed by atoms with van der Waals surface area (Å²) >= 11 is 0. The Labute approximate surface area is 118 Å². The van der Waals surface area contributed by atoms with Gasteiger partial charge in [-0.05, 0) is 26.2 Å². The zero-order valence-corrected chi connectivity index (χ0v) is 12.6. The van der Waals surface area contributed by atoms with E-state index in [-0.39, 0.29) is 6.61 Å². The summed E-state index contributed by atoms with van der Waals surface area (Å²) in [5.74, 6) is 0. The van der Waals surface area contributed by atoms with Gasteiger partial charge in [0.15, 0.2) is 6.17 Å². The van der Waals surface area contributed by atoms with E-state index in [0.717, 1.165) is 30.4 Å². The molecule has 0 bridgehead atoms. The number of likely N-dealkylation sites (N-methyl/N-ethyl adjacent to an activating group) is 1. The number of aliphatic hydroxyl groups excluding tert-OH is 1. The van der Waals surface area contributed by atoms with Crippen molar-refractivity contribution >= 4 is 0 Å². The van der Waals surface area contributed by atoms with Crippen LogP contribution in [0, 0.1) is 0 Å². The molecule has 0 aliphatic carbocycles. The highest BCUT2D eigenvalue weighted by Gasteiger charge is 2.35. The average Bonchev–Trinajstić information content (AvgIpc) is 2.82. The fourth-order valence-electron chi connectivity index (χ4n) is 2.80. The summed E-state index contributed by atoms with van der Waals surface area (Å²) in [5.41, 5.74) is 0. The van der Waals surface area contributed by atoms with E-state index in [1.807, 2.05) is 0 Å². The third kappa shape index (κ3) is 5.00. The molecule has 110 valence electrons. The summed E-state index contributed by atoms with van der Waals surface area (Å²) in [7, 11) is 0. The molecule has 19 heavy (non-hydrogen) atoms. The first-order valence-electron chi connectivity index (χ1n) is 7.85. The second-order valence-corrected chi connectivity index (χ2v) is 5.41. The van der Waals surface area contributed by atoms with E-state index >= 15 is 0 Å². The number of nitrogens with zero attached hydrogens (tertiary/aromatic N) is 1. The zero-order valence-electron chi connectivity index (χ0n) is 12.6. The molecule has 0 aromatic heterocycles. The lowest BCUT2D eigenvalue weighted by atomic mass is 10.1. The van der Waals surface area contributed by atoms with Crippen LogP contribution in [-0.2, 0) is 0 Å². The zero-order chi connectivity index (χ0) is 14.0. The number of nitrogens with one attached hydrogen (secondary N) is 1. The molecule has 3 nitrogen and oxygen atoms in total. The van der Waals surface area contributed by atoms with Crippen LogP contribution >= 0.6 is 0 Å². The molecule has 1 aliphatic rings. The van der Waals surface area contributed by atoms with Crippen molar-refractivity contribution in [2.24, 2.45) is 0 Å². The first-order chi connectivity index (χ1) is 9.29. The number of allylic oxidation sites excluding steroid dienone is 2. The molecule has 0 radical (unpaired) electrons. The Hall–Kier alpha value is -0.800. The predicted octanol–water partition coefficient (Wildman–Crippen LogP) is 3.13. The lowest BCUT2D eigenvalue weighted by molar-refractivity contribution is -0.899. The van der Waals surface area contributed by atoms with Gasteiger partial charge in [-0.25, -0.2) is 0 Å². The summed E-state index contributed by atoms with van der Waals surface area (Å²) < 4.78 is 0.875. The van der Waals surface area contributed by atoms with E-state index in [1.165, 1.54) is 25.7 Å². The first kappa shape index (κ1) is 16.3. The van der Waals surface area contributed by atoms with E-state index < -0.39 is 0 Å². The van der Waals surface area contributed by atoms with Gasteiger partial charge in [0.1, 0.15) is 12.7 Å². The summed E-state index contributed by atoms with van der Waals surface area (Å²) in [6.07, 6.45) is 16.7. The first-order valence-corrected chi connectivity index (χ1v) is 7.85. The molecule has 1 rings (SSSR count). The molecule has 0 spiro atoms. The lowest BCUT2D eigenvalue weighted by Gasteiger charge is -2.36. The van der Waals surface area contributed by atoms with Crippen LogP contribution in [0.5, 0.6) is 0 Å². The Morgan fingerprint density at radius 1 is 1.21 bits per heavy atom. The maximum Gasteiger partial charge on any atom is 0.166 e. The third-order valence-electron chi connectivity index (χ3n) is 4.13. The number of hydrogen-bond donors (Lipinski definition) is 2. The highest BCUT2D eigenvalue weighted by Crippen LogP contribution is 2.21. The van der Waals surface area contributed by atoms with Crippen LogP contribution in [0.4, 0.5) is 0 Å². The van der Waals surface area contributed by atoms with Crippen LogP contribution in [0.15, 0.2) is 24.6 Å². The molecule has 0 aromatic rings. The van der Waals surface area contributed by atoms with E-state index in [9.17, 15) is 5.11 Å². The van der Waals surface area contributed by atoms with Gasteiger partial charge in [0.2, 0.25) is 0 Å². The maximum absolute atomic E-state index is 9.24. The van der Waals surface area contributed by atoms with Gasteiger partial charge in [-0.15, -0.1) is 0 Å². The number of quaternary nitrogens is 1. The van der Waals surface area contributed by atoms with E-state index in [4.69, 9.17) is 0 Å². The van der Waals surface area contributed by atoms with Crippen molar-refractivity contribution < 1.29 is 9.59 Å². The smallest absolute Gasteiger partial charge is 0.166 e. The van der Waals surface area contributed by atoms with Crippen LogP contribution in [-0.4, -0.2) is 35.5 Å². The average molecular weight is 267 g/mol. The molecular formula is C16H31N2O+. The quantitative estimate of drug-likeness (QED) is 0.362. The molecule has 1 aliphatic heterocycles. The van der Waals surface area contributed by atoms with Crippen LogP contribution < -0.4 is 5.32 Å². The maximum atomic E-state index is 9.24. The second-order valence-electron chi connectivity index (χ2n) is 5.41. The summed E-state index contributed by atoms with van der Waals surface area (Å²) in [6.45, 7) is 6.54. The van der Waals surface area contributed by atoms with Gasteiger partial charge < -0.3 is 10.4 Å². The minimum Gasteiger partial charge on any atom is -0.390 e. The summed E-state index contributed by atoms with van der Waals surface area (Å²) in [6, 6.07) is 0. The monoisotopic (exact) mass is 267 g/mol. The van der Waals surface area contributed by atoms with Gasteiger partial charge in [-0.2, -0.15) is 0 Å². The fraction of sp³-hybridized carbons (Fsp3) is 0.750. The Morgan fingerprint density at radius 2 is 2.00 bits per heavy atom. The molecule has 1 heterocycles. The lowest BCUT2D eigenvalue weighted by Crippen LogP contribution is -2.53. The minimum atomic E-state index is 0.253. The van der Waals surface area contributed by atoms with Gasteiger partial charge in [-0.1, -0.05) is 31.9 Å². The molecular weight excluding hydrogens is 236 g/mol. The molecule has 0 aromatic carbocycles. The van der Waals surface area contributed by atoms with Crippen molar-refractivity contribution in [2.45, 2.75) is 58.5 Å². The summed E-state index contributed by atoms with van der Waals surface area (Å²) in [5, 5.41) is 12.7. The Morgan fingerprint density at radius 3 is 2.68 bits per heavy atom. The molecule has 3 heteroatoms. The van der Waals surface area contributed by atoms with Crippen molar-refractivity contribution in [1.82, 2.24) is 5.32 Å². The molecule has 2 N–H and O–H groups in total. The van der Waals surface area contributed by atoms with Crippen molar-refractivity contribution in [3.8, 4) is 0 Å². The minimum absolute atomic E-state index is 0.253. The number of hydrogen-bond acceptors (Lipinski definition) is 2. The Bertz CT molecular complexity index is 288. The highest BCUT2D eigenvalue weighted by atomic mass is 16.3. The fourth-order valence-corrected chi connectivity index (χ4v) is 2.80. The van der Waals surface area contributed by atoms with Crippen LogP contribution in [0.25, 0.3) is 0 Å². The van der Waals surface area contributed by atoms with Crippen LogP contribution in [0.2, 0.25) is 0 Å². The molecule has 0 saturated heterocycles. The second kappa shape index (κ2) is 9.16. The van der Waals surface area contributed by atoms with Crippen molar-refractivity contribution in [3.63, 3.8) is 0 Å². The van der Waals surface area contributed by atoms with Gasteiger partial charge in [-0.3, -0.25) is 4.48 Å². The topological polar surface area (TPSA) is 32.3 Å². The molecule has 2 atom stereocenters. The van der Waals surface area contributed by atoms with Crippen molar-refractivity contribution in [1.29, 1.82) is 0 Å². The van der Waals surface area contributed by atoms with E-state index in [0.29, 0.717) is 6.17 Å². The molecule has 0 amide bonds. The molecule has 2 unspecified atom stereocenters. The standard InChI is InChI=1S/C16H31N2O/c1-3-5-6-7-8-9-10-11-16-17-12-13-18(16,4-2)14-15-19/h8-9,12-13,16-17,19H,3-7,10-11,14-15H2,1-2H3/q+1/b9-8+. The molecule has 0 fully saturated rings. The highest BCUT2D eigenvalue weighted by molar-refractivity contribution is 4.87. The SMILES string of the molecule is CCCCC/C=C/CCC1NC=C[N+]1(CC)CCO. The van der Waals surface area contributed by atoms with Gasteiger partial charge in [0.25, 0.3) is 0 Å². The summed E-state index contributed by atoms with van der Waals surface area (Å²) in [4.78, 5) is 0. The van der Waals surface area contributed by atoms with Crippen LogP contribution in [0.1, 0.15) is 52.4 Å². The van der Waals surface area contributed by atoms with Gasteiger partial charge in [0.05, 0.1) is 19.4 Å². The normalized spacial score (nSPS) is 26.2. The van der Waals surface area contributed by atoms with Crippen molar-refractivity contribution in [3.05, 3.63) is 24.6 Å². The van der Waals surface area contributed by atoms with Crippen molar-refractivity contribution in [2.75, 3.05) is 19.7 Å². The van der Waals surface area contributed by atoms with Crippen LogP contribution in [0.3, 0.4) is 0 Å². The number of aliphatic hydroxyl groups is 1. The predicted molar refractivity (Wildman–Crippen MR) is 81.3 cm³/mol. The van der Waals surface area contributed by atoms with Gasteiger partial charge in [0, 0.05) is 6.42 Å². The Kier molecular flexibility index (Phi) is 7.84. The number of unbranched alkanes of at least 4 members (excludes halogenated alkanes) is 3. The van der Waals surface area contributed by atoms with Gasteiger partial charge >= 0.3 is 0 Å². The van der Waals surface area contributed by atoms with E-state index in [1.54, 1.807) is 0 Å².